The highest BCUT2D eigenvalue weighted by molar-refractivity contribution is 5.69. The van der Waals surface area contributed by atoms with Crippen molar-refractivity contribution in [3.8, 4) is 0 Å². The summed E-state index contributed by atoms with van der Waals surface area (Å²) >= 11 is 0. The minimum absolute atomic E-state index is 0.0518. The van der Waals surface area contributed by atoms with E-state index in [0.717, 1.165) is 18.4 Å². The number of rotatable bonds is 1. The Balaban J connectivity index is 1.78. The van der Waals surface area contributed by atoms with Crippen molar-refractivity contribution in [3.63, 3.8) is 0 Å². The Morgan fingerprint density at radius 1 is 1.04 bits per heavy atom. The molecule has 2 fully saturated rings. The topological polar surface area (TPSA) is 49.8 Å². The molecule has 4 nitrogen and oxygen atoms in total. The van der Waals surface area contributed by atoms with Gasteiger partial charge in [0.2, 0.25) is 0 Å². The molecule has 26 heavy (non-hydrogen) atoms. The second kappa shape index (κ2) is 6.26. The molecule has 2 aliphatic rings. The molecule has 0 radical (unpaired) electrons. The number of nitrogens with zero attached hydrogens (tertiary/aromatic N) is 1. The van der Waals surface area contributed by atoms with Gasteiger partial charge in [-0.25, -0.2) is 4.79 Å². The number of carbonyl (C=O) groups excluding carboxylic acids is 1. The van der Waals surface area contributed by atoms with Gasteiger partial charge in [0.15, 0.2) is 0 Å². The smallest absolute Gasteiger partial charge is 0.410 e. The van der Waals surface area contributed by atoms with Gasteiger partial charge in [-0.1, -0.05) is 45.0 Å². The number of aliphatic hydroxyl groups is 1. The average Bonchev–Trinajstić information content (AvgIpc) is 2.78. The first-order chi connectivity index (χ1) is 11.9. The van der Waals surface area contributed by atoms with Crippen LogP contribution in [0.1, 0.15) is 78.4 Å². The Kier molecular flexibility index (Phi) is 4.63. The zero-order valence-electron chi connectivity index (χ0n) is 17.0. The Labute approximate surface area is 157 Å². The number of ether oxygens (including phenoxy) is 1. The minimum atomic E-state index is -0.860. The third-order valence-electron chi connectivity index (χ3n) is 5.66. The number of carbonyl (C=O) groups is 1. The van der Waals surface area contributed by atoms with Gasteiger partial charge in [-0.3, -0.25) is 0 Å². The van der Waals surface area contributed by atoms with E-state index in [4.69, 9.17) is 4.74 Å². The van der Waals surface area contributed by atoms with E-state index in [9.17, 15) is 9.90 Å². The molecule has 2 heterocycles. The molecular weight excluding hydrogens is 326 g/mol. The van der Waals surface area contributed by atoms with Gasteiger partial charge >= 0.3 is 6.09 Å². The molecule has 2 bridgehead atoms. The van der Waals surface area contributed by atoms with Crippen molar-refractivity contribution in [2.24, 2.45) is 0 Å². The molecule has 2 saturated heterocycles. The minimum Gasteiger partial charge on any atom is -0.444 e. The SMILES string of the molecule is CC(C)(C)OC(=O)N1C2CCC1CC(O)(c1ccc(C(C)(C)C)cc1)C2. The quantitative estimate of drug-likeness (QED) is 0.788. The predicted octanol–water partition coefficient (Wildman–Crippen LogP) is 4.73. The number of fused-ring (bicyclic) bond motifs is 2. The van der Waals surface area contributed by atoms with E-state index < -0.39 is 11.2 Å². The fraction of sp³-hybridized carbons (Fsp3) is 0.682. The first kappa shape index (κ1) is 19.2. The van der Waals surface area contributed by atoms with Crippen LogP contribution in [0, 0.1) is 0 Å². The molecule has 1 aromatic carbocycles. The van der Waals surface area contributed by atoms with Crippen molar-refractivity contribution in [1.82, 2.24) is 4.90 Å². The number of hydrogen-bond donors (Lipinski definition) is 1. The summed E-state index contributed by atoms with van der Waals surface area (Å²) in [4.78, 5) is 14.5. The molecule has 4 heteroatoms. The lowest BCUT2D eigenvalue weighted by Crippen LogP contribution is -2.53. The highest BCUT2D eigenvalue weighted by atomic mass is 16.6. The lowest BCUT2D eigenvalue weighted by molar-refractivity contribution is -0.0624. The van der Waals surface area contributed by atoms with Gasteiger partial charge in [0, 0.05) is 24.9 Å². The van der Waals surface area contributed by atoms with Crippen LogP contribution in [0.15, 0.2) is 24.3 Å². The van der Waals surface area contributed by atoms with Gasteiger partial charge in [-0.05, 0) is 50.2 Å². The number of hydrogen-bond acceptors (Lipinski definition) is 3. The van der Waals surface area contributed by atoms with E-state index in [2.05, 4.69) is 45.0 Å². The third-order valence-corrected chi connectivity index (χ3v) is 5.66. The van der Waals surface area contributed by atoms with Crippen LogP contribution in [0.25, 0.3) is 0 Å². The summed E-state index contributed by atoms with van der Waals surface area (Å²) < 4.78 is 5.59. The van der Waals surface area contributed by atoms with Crippen molar-refractivity contribution in [2.45, 2.75) is 95.9 Å². The van der Waals surface area contributed by atoms with Gasteiger partial charge in [-0.15, -0.1) is 0 Å². The average molecular weight is 360 g/mol. The zero-order valence-corrected chi connectivity index (χ0v) is 17.0. The van der Waals surface area contributed by atoms with E-state index >= 15 is 0 Å². The first-order valence-corrected chi connectivity index (χ1v) is 9.74. The Morgan fingerprint density at radius 3 is 1.96 bits per heavy atom. The van der Waals surface area contributed by atoms with E-state index in [0.29, 0.717) is 12.8 Å². The molecule has 2 unspecified atom stereocenters. The van der Waals surface area contributed by atoms with E-state index in [1.807, 2.05) is 25.7 Å². The molecule has 0 spiro atoms. The fourth-order valence-electron chi connectivity index (χ4n) is 4.35. The highest BCUT2D eigenvalue weighted by Gasteiger charge is 2.51. The van der Waals surface area contributed by atoms with Crippen LogP contribution in [0.4, 0.5) is 4.79 Å². The van der Waals surface area contributed by atoms with Crippen LogP contribution < -0.4 is 0 Å². The number of benzene rings is 1. The fourth-order valence-corrected chi connectivity index (χ4v) is 4.35. The van der Waals surface area contributed by atoms with Crippen LogP contribution in [0.5, 0.6) is 0 Å². The van der Waals surface area contributed by atoms with Gasteiger partial charge in [0.05, 0.1) is 5.60 Å². The summed E-state index contributed by atoms with van der Waals surface area (Å²) in [6, 6.07) is 8.46. The molecule has 1 amide bonds. The van der Waals surface area contributed by atoms with E-state index in [1.165, 1.54) is 5.56 Å². The van der Waals surface area contributed by atoms with Crippen molar-refractivity contribution in [2.75, 3.05) is 0 Å². The molecule has 144 valence electrons. The Hall–Kier alpha value is -1.55. The third kappa shape index (κ3) is 3.75. The van der Waals surface area contributed by atoms with Crippen molar-refractivity contribution < 1.29 is 14.6 Å². The number of piperidine rings is 1. The van der Waals surface area contributed by atoms with Crippen LogP contribution in [0.2, 0.25) is 0 Å². The van der Waals surface area contributed by atoms with E-state index in [-0.39, 0.29) is 23.6 Å². The summed E-state index contributed by atoms with van der Waals surface area (Å²) in [6.45, 7) is 12.3. The van der Waals surface area contributed by atoms with Crippen LogP contribution in [-0.4, -0.2) is 33.8 Å². The maximum atomic E-state index is 12.6. The lowest BCUT2D eigenvalue weighted by atomic mass is 9.79. The maximum Gasteiger partial charge on any atom is 0.410 e. The zero-order chi connectivity index (χ0) is 19.3. The molecule has 0 aromatic heterocycles. The van der Waals surface area contributed by atoms with Gasteiger partial charge in [0.1, 0.15) is 5.60 Å². The molecule has 0 aliphatic carbocycles. The van der Waals surface area contributed by atoms with Gasteiger partial charge in [0.25, 0.3) is 0 Å². The molecule has 2 atom stereocenters. The van der Waals surface area contributed by atoms with Crippen molar-refractivity contribution in [3.05, 3.63) is 35.4 Å². The normalized spacial score (nSPS) is 29.0. The summed E-state index contributed by atoms with van der Waals surface area (Å²) in [6.07, 6.45) is 2.79. The van der Waals surface area contributed by atoms with E-state index in [1.54, 1.807) is 0 Å². The molecule has 1 N–H and O–H groups in total. The van der Waals surface area contributed by atoms with Crippen LogP contribution in [-0.2, 0) is 15.8 Å². The summed E-state index contributed by atoms with van der Waals surface area (Å²) in [5.41, 5.74) is 0.971. The van der Waals surface area contributed by atoms with Crippen LogP contribution >= 0.6 is 0 Å². The largest absolute Gasteiger partial charge is 0.444 e. The summed E-state index contributed by atoms with van der Waals surface area (Å²) in [5, 5.41) is 11.4. The molecule has 1 aromatic rings. The maximum absolute atomic E-state index is 12.6. The van der Waals surface area contributed by atoms with Gasteiger partial charge < -0.3 is 14.7 Å². The van der Waals surface area contributed by atoms with Crippen molar-refractivity contribution >= 4 is 6.09 Å². The Bertz CT molecular complexity index is 652. The summed E-state index contributed by atoms with van der Waals surface area (Å²) in [7, 11) is 0. The highest BCUT2D eigenvalue weighted by Crippen LogP contribution is 2.46. The molecule has 2 aliphatic heterocycles. The van der Waals surface area contributed by atoms with Crippen LogP contribution in [0.3, 0.4) is 0 Å². The first-order valence-electron chi connectivity index (χ1n) is 9.74. The number of amides is 1. The Morgan fingerprint density at radius 2 is 1.54 bits per heavy atom. The summed E-state index contributed by atoms with van der Waals surface area (Å²) in [5.74, 6) is 0. The monoisotopic (exact) mass is 359 g/mol. The second-order valence-electron chi connectivity index (χ2n) is 10.0. The molecule has 0 saturated carbocycles. The molecular formula is C22H33NO3. The van der Waals surface area contributed by atoms with Gasteiger partial charge in [-0.2, -0.15) is 0 Å². The molecule has 3 rings (SSSR count). The van der Waals surface area contributed by atoms with Crippen molar-refractivity contribution in [1.29, 1.82) is 0 Å². The predicted molar refractivity (Wildman–Crippen MR) is 103 cm³/mol. The lowest BCUT2D eigenvalue weighted by Gasteiger charge is -2.44. The second-order valence-corrected chi connectivity index (χ2v) is 10.0. The standard InChI is InChI=1S/C22H33NO3/c1-20(2,3)15-7-9-16(10-8-15)22(25)13-17-11-12-18(14-22)23(17)19(24)26-21(4,5)6/h7-10,17-18,25H,11-14H2,1-6H3.